The Morgan fingerprint density at radius 3 is 2.38 bits per heavy atom. The average Bonchev–Trinajstić information content (AvgIpc) is 2.52. The van der Waals surface area contributed by atoms with Crippen molar-refractivity contribution in [1.29, 1.82) is 0 Å². The largest absolute Gasteiger partial charge is 0.289 e. The molecule has 2 heterocycles. The van der Waals surface area contributed by atoms with E-state index in [1.54, 1.807) is 12.7 Å². The molecule has 0 amide bonds. The smallest absolute Gasteiger partial charge is 0.101 e. The molecular weight excluding hydrogens is 162 g/mol. The lowest BCUT2D eigenvalue weighted by Crippen LogP contribution is -1.87. The third kappa shape index (κ3) is 1.86. The number of imidazole rings is 1. The van der Waals surface area contributed by atoms with Gasteiger partial charge < -0.3 is 0 Å². The topological polar surface area (TPSA) is 30.2 Å². The van der Waals surface area contributed by atoms with Crippen LogP contribution in [0.1, 0.15) is 25.2 Å². The quantitative estimate of drug-likeness (QED) is 0.618. The molecule has 0 unspecified atom stereocenters. The van der Waals surface area contributed by atoms with Crippen LogP contribution in [0.3, 0.4) is 0 Å². The Bertz CT molecular complexity index is 390. The Kier molecular flexibility index (Phi) is 3.01. The van der Waals surface area contributed by atoms with Crippen molar-refractivity contribution < 1.29 is 0 Å². The summed E-state index contributed by atoms with van der Waals surface area (Å²) in [5, 5.41) is 0. The second kappa shape index (κ2) is 4.03. The van der Waals surface area contributed by atoms with Gasteiger partial charge in [0.15, 0.2) is 0 Å². The first-order chi connectivity index (χ1) is 6.27. The maximum atomic E-state index is 4.16. The second-order valence-corrected chi connectivity index (χ2v) is 2.65. The van der Waals surface area contributed by atoms with Gasteiger partial charge in [-0.15, -0.1) is 0 Å². The molecule has 0 bridgehead atoms. The minimum atomic E-state index is 1.03. The number of aryl methyl sites for hydroxylation is 2. The average molecular weight is 177 g/mol. The highest BCUT2D eigenvalue weighted by Crippen LogP contribution is 2.07. The Balaban J connectivity index is 0.000000396. The molecule has 0 spiro atoms. The zero-order valence-electron chi connectivity index (χ0n) is 8.57. The van der Waals surface area contributed by atoms with Crippen LogP contribution in [0.25, 0.3) is 5.52 Å². The first-order valence-corrected chi connectivity index (χ1v) is 4.53. The molecule has 0 aromatic carbocycles. The van der Waals surface area contributed by atoms with Gasteiger partial charge in [0, 0.05) is 5.69 Å². The molecule has 0 N–H and O–H groups in total. The fourth-order valence-corrected chi connectivity index (χ4v) is 1.12. The predicted molar refractivity (Wildman–Crippen MR) is 53.8 cm³/mol. The van der Waals surface area contributed by atoms with Crippen molar-refractivity contribution in [3.05, 3.63) is 30.1 Å². The first kappa shape index (κ1) is 9.71. The molecule has 0 saturated carbocycles. The second-order valence-electron chi connectivity index (χ2n) is 2.65. The van der Waals surface area contributed by atoms with Crippen LogP contribution in [0.5, 0.6) is 0 Å². The summed E-state index contributed by atoms with van der Waals surface area (Å²) in [6.45, 7) is 7.97. The zero-order chi connectivity index (χ0) is 9.84. The summed E-state index contributed by atoms with van der Waals surface area (Å²) in [5.41, 5.74) is 3.22. The number of rotatable bonds is 0. The zero-order valence-corrected chi connectivity index (χ0v) is 8.57. The van der Waals surface area contributed by atoms with Crippen molar-refractivity contribution in [1.82, 2.24) is 14.4 Å². The van der Waals surface area contributed by atoms with Crippen molar-refractivity contribution in [3.8, 4) is 0 Å². The van der Waals surface area contributed by atoms with E-state index in [1.807, 2.05) is 38.2 Å². The molecular formula is C10H15N3. The standard InChI is InChI=1S/C8H9N3.C2H6/c1-6-3-8-7(2)10-5-11(8)4-9-6;1-2/h3-5H,1-2H3;1-2H3. The fraction of sp³-hybridized carbons (Fsp3) is 0.400. The van der Waals surface area contributed by atoms with E-state index in [1.165, 1.54) is 0 Å². The maximum absolute atomic E-state index is 4.16. The van der Waals surface area contributed by atoms with Gasteiger partial charge in [0.2, 0.25) is 0 Å². The van der Waals surface area contributed by atoms with Gasteiger partial charge in [-0.05, 0) is 19.9 Å². The Morgan fingerprint density at radius 2 is 1.69 bits per heavy atom. The highest BCUT2D eigenvalue weighted by molar-refractivity contribution is 5.51. The van der Waals surface area contributed by atoms with E-state index in [2.05, 4.69) is 9.97 Å². The number of fused-ring (bicyclic) bond motifs is 1. The molecule has 0 radical (unpaired) electrons. The van der Waals surface area contributed by atoms with Crippen LogP contribution < -0.4 is 0 Å². The van der Waals surface area contributed by atoms with E-state index < -0.39 is 0 Å². The van der Waals surface area contributed by atoms with Crippen LogP contribution in [0.15, 0.2) is 18.7 Å². The van der Waals surface area contributed by atoms with Gasteiger partial charge in [-0.3, -0.25) is 4.40 Å². The van der Waals surface area contributed by atoms with Crippen molar-refractivity contribution in [2.45, 2.75) is 27.7 Å². The van der Waals surface area contributed by atoms with Crippen molar-refractivity contribution >= 4 is 5.52 Å². The van der Waals surface area contributed by atoms with Crippen molar-refractivity contribution in [2.24, 2.45) is 0 Å². The normalized spacial score (nSPS) is 9.54. The summed E-state index contributed by atoms with van der Waals surface area (Å²) in [5.74, 6) is 0. The molecule has 2 aromatic heterocycles. The Hall–Kier alpha value is -1.38. The van der Waals surface area contributed by atoms with E-state index in [0.717, 1.165) is 16.9 Å². The van der Waals surface area contributed by atoms with Gasteiger partial charge in [-0.1, -0.05) is 13.8 Å². The summed E-state index contributed by atoms with van der Waals surface area (Å²) in [6.07, 6.45) is 3.56. The molecule has 2 rings (SSSR count). The van der Waals surface area contributed by atoms with E-state index in [-0.39, 0.29) is 0 Å². The van der Waals surface area contributed by atoms with Gasteiger partial charge in [0.1, 0.15) is 12.7 Å². The molecule has 0 aliphatic carbocycles. The molecule has 13 heavy (non-hydrogen) atoms. The number of aromatic nitrogens is 3. The maximum Gasteiger partial charge on any atom is 0.101 e. The minimum Gasteiger partial charge on any atom is -0.289 e. The fourth-order valence-electron chi connectivity index (χ4n) is 1.12. The van der Waals surface area contributed by atoms with Crippen LogP contribution in [-0.4, -0.2) is 14.4 Å². The van der Waals surface area contributed by atoms with E-state index in [9.17, 15) is 0 Å². The highest BCUT2D eigenvalue weighted by Gasteiger charge is 1.97. The van der Waals surface area contributed by atoms with E-state index in [0.29, 0.717) is 0 Å². The van der Waals surface area contributed by atoms with E-state index in [4.69, 9.17) is 0 Å². The van der Waals surface area contributed by atoms with Crippen LogP contribution >= 0.6 is 0 Å². The third-order valence-corrected chi connectivity index (χ3v) is 1.76. The van der Waals surface area contributed by atoms with Crippen molar-refractivity contribution in [3.63, 3.8) is 0 Å². The first-order valence-electron chi connectivity index (χ1n) is 4.53. The lowest BCUT2D eigenvalue weighted by atomic mass is 10.3. The van der Waals surface area contributed by atoms with Crippen LogP contribution in [-0.2, 0) is 0 Å². The van der Waals surface area contributed by atoms with Gasteiger partial charge in [0.05, 0.1) is 11.2 Å². The molecule has 0 fully saturated rings. The third-order valence-electron chi connectivity index (χ3n) is 1.76. The lowest BCUT2D eigenvalue weighted by molar-refractivity contribution is 1.04. The monoisotopic (exact) mass is 177 g/mol. The molecule has 0 saturated heterocycles. The van der Waals surface area contributed by atoms with Gasteiger partial charge in [-0.2, -0.15) is 0 Å². The summed E-state index contributed by atoms with van der Waals surface area (Å²) in [6, 6.07) is 2.03. The molecule has 3 heteroatoms. The van der Waals surface area contributed by atoms with Gasteiger partial charge >= 0.3 is 0 Å². The highest BCUT2D eigenvalue weighted by atomic mass is 15.0. The minimum absolute atomic E-state index is 1.03. The van der Waals surface area contributed by atoms with Gasteiger partial charge in [0.25, 0.3) is 0 Å². The number of hydrogen-bond acceptors (Lipinski definition) is 2. The summed E-state index contributed by atoms with van der Waals surface area (Å²) < 4.78 is 1.92. The Labute approximate surface area is 78.5 Å². The molecule has 0 atom stereocenters. The lowest BCUT2D eigenvalue weighted by Gasteiger charge is -1.94. The molecule has 0 aliphatic rings. The van der Waals surface area contributed by atoms with Crippen LogP contribution in [0.2, 0.25) is 0 Å². The predicted octanol–water partition coefficient (Wildman–Crippen LogP) is 2.37. The number of hydrogen-bond donors (Lipinski definition) is 0. The van der Waals surface area contributed by atoms with Crippen LogP contribution in [0, 0.1) is 13.8 Å². The molecule has 70 valence electrons. The number of nitrogens with zero attached hydrogens (tertiary/aromatic N) is 3. The molecule has 3 nitrogen and oxygen atoms in total. The Morgan fingerprint density at radius 1 is 1.08 bits per heavy atom. The van der Waals surface area contributed by atoms with Crippen LogP contribution in [0.4, 0.5) is 0 Å². The molecule has 2 aromatic rings. The van der Waals surface area contributed by atoms with E-state index >= 15 is 0 Å². The summed E-state index contributed by atoms with van der Waals surface area (Å²) in [4.78, 5) is 8.30. The summed E-state index contributed by atoms with van der Waals surface area (Å²) in [7, 11) is 0. The SMILES string of the molecule is CC.Cc1cc2c(C)ncn2cn1. The van der Waals surface area contributed by atoms with Gasteiger partial charge in [-0.25, -0.2) is 9.97 Å². The molecule has 0 aliphatic heterocycles. The summed E-state index contributed by atoms with van der Waals surface area (Å²) >= 11 is 0. The van der Waals surface area contributed by atoms with Crippen molar-refractivity contribution in [2.75, 3.05) is 0 Å².